The molecule has 0 aromatic heterocycles. The Hall–Kier alpha value is -2.55. The first-order valence-electron chi connectivity index (χ1n) is 6.92. The molecule has 0 heterocycles. The first-order valence-corrected chi connectivity index (χ1v) is 7.72. The molecule has 0 spiro atoms. The maximum absolute atomic E-state index is 12.7. The largest absolute Gasteiger partial charge is 0.488 e. The molecule has 3 N–H and O–H groups in total. The lowest BCUT2D eigenvalue weighted by Crippen LogP contribution is -2.24. The minimum absolute atomic E-state index is 0.0599. The summed E-state index contributed by atoms with van der Waals surface area (Å²) < 4.78 is 44.5. The SMILES string of the molecule is NC(=O)NN=Cc1cc(Br)ccc1OCc1cccc(C(F)(F)F)c1. The molecule has 0 aliphatic heterocycles. The van der Waals surface area contributed by atoms with Crippen LogP contribution in [0.25, 0.3) is 0 Å². The van der Waals surface area contributed by atoms with E-state index in [-0.39, 0.29) is 6.61 Å². The van der Waals surface area contributed by atoms with Crippen molar-refractivity contribution >= 4 is 28.2 Å². The second kappa shape index (κ2) is 8.02. The van der Waals surface area contributed by atoms with Gasteiger partial charge in [0.05, 0.1) is 11.8 Å². The van der Waals surface area contributed by atoms with Crippen molar-refractivity contribution in [2.24, 2.45) is 10.8 Å². The van der Waals surface area contributed by atoms with Crippen molar-refractivity contribution in [1.82, 2.24) is 5.43 Å². The number of amides is 2. The smallest absolute Gasteiger partial charge is 0.416 e. The van der Waals surface area contributed by atoms with Crippen LogP contribution < -0.4 is 15.9 Å². The number of rotatable bonds is 5. The van der Waals surface area contributed by atoms with Gasteiger partial charge in [-0.2, -0.15) is 18.3 Å². The fourth-order valence-corrected chi connectivity index (χ4v) is 2.29. The van der Waals surface area contributed by atoms with Crippen LogP contribution in [-0.4, -0.2) is 12.2 Å². The molecule has 5 nitrogen and oxygen atoms in total. The Morgan fingerprint density at radius 2 is 2.04 bits per heavy atom. The number of hydrogen-bond donors (Lipinski definition) is 2. The standard InChI is InChI=1S/C16H13BrF3N3O2/c17-13-4-5-14(11(7-13)8-22-23-15(21)24)25-9-10-2-1-3-12(6-10)16(18,19)20/h1-8H,9H2,(H3,21,23,24). The van der Waals surface area contributed by atoms with E-state index < -0.39 is 17.8 Å². The summed E-state index contributed by atoms with van der Waals surface area (Å²) in [6.07, 6.45) is -3.09. The monoisotopic (exact) mass is 415 g/mol. The summed E-state index contributed by atoms with van der Waals surface area (Å²) in [5.41, 5.74) is 7.10. The molecule has 0 atom stereocenters. The van der Waals surface area contributed by atoms with Crippen molar-refractivity contribution in [3.63, 3.8) is 0 Å². The fourth-order valence-electron chi connectivity index (χ4n) is 1.92. The zero-order chi connectivity index (χ0) is 18.4. The third-order valence-corrected chi connectivity index (χ3v) is 3.49. The normalized spacial score (nSPS) is 11.5. The van der Waals surface area contributed by atoms with E-state index >= 15 is 0 Å². The summed E-state index contributed by atoms with van der Waals surface area (Å²) in [4.78, 5) is 10.6. The minimum atomic E-state index is -4.41. The Bertz CT molecular complexity index is 794. The molecule has 2 amide bonds. The lowest BCUT2D eigenvalue weighted by Gasteiger charge is -2.11. The van der Waals surface area contributed by atoms with Gasteiger partial charge in [0.15, 0.2) is 0 Å². The Labute approximate surface area is 149 Å². The van der Waals surface area contributed by atoms with Crippen LogP contribution in [-0.2, 0) is 12.8 Å². The first-order chi connectivity index (χ1) is 11.8. The Morgan fingerprint density at radius 3 is 2.72 bits per heavy atom. The highest BCUT2D eigenvalue weighted by molar-refractivity contribution is 9.10. The van der Waals surface area contributed by atoms with Crippen LogP contribution in [0.3, 0.4) is 0 Å². The van der Waals surface area contributed by atoms with Crippen LogP contribution in [0, 0.1) is 0 Å². The molecule has 0 aliphatic carbocycles. The first kappa shape index (κ1) is 18.8. The van der Waals surface area contributed by atoms with Gasteiger partial charge in [0.25, 0.3) is 0 Å². The number of carbonyl (C=O) groups is 1. The predicted octanol–water partition coefficient (Wildman–Crippen LogP) is 4.05. The van der Waals surface area contributed by atoms with Gasteiger partial charge in [-0.05, 0) is 35.9 Å². The number of ether oxygens (including phenoxy) is 1. The fraction of sp³-hybridized carbons (Fsp3) is 0.125. The number of benzene rings is 2. The van der Waals surface area contributed by atoms with Crippen molar-refractivity contribution < 1.29 is 22.7 Å². The van der Waals surface area contributed by atoms with Crippen molar-refractivity contribution in [1.29, 1.82) is 0 Å². The third-order valence-electron chi connectivity index (χ3n) is 3.00. The number of carbonyl (C=O) groups excluding carboxylic acids is 1. The van der Waals surface area contributed by atoms with Gasteiger partial charge in [-0.15, -0.1) is 0 Å². The molecule has 2 rings (SSSR count). The van der Waals surface area contributed by atoms with E-state index in [2.05, 4.69) is 26.5 Å². The average molecular weight is 416 g/mol. The van der Waals surface area contributed by atoms with Crippen LogP contribution >= 0.6 is 15.9 Å². The van der Waals surface area contributed by atoms with Crippen molar-refractivity contribution in [3.05, 3.63) is 63.6 Å². The van der Waals surface area contributed by atoms with Crippen LogP contribution in [0.15, 0.2) is 52.0 Å². The summed E-state index contributed by atoms with van der Waals surface area (Å²) in [5.74, 6) is 0.385. The van der Waals surface area contributed by atoms with Gasteiger partial charge in [0, 0.05) is 10.0 Å². The molecule has 0 aliphatic rings. The van der Waals surface area contributed by atoms with E-state index in [0.29, 0.717) is 16.9 Å². The quantitative estimate of drug-likeness (QED) is 0.570. The molecule has 0 radical (unpaired) electrons. The van der Waals surface area contributed by atoms with Gasteiger partial charge in [-0.1, -0.05) is 28.1 Å². The zero-order valence-corrected chi connectivity index (χ0v) is 14.3. The maximum atomic E-state index is 12.7. The van der Waals surface area contributed by atoms with Gasteiger partial charge >= 0.3 is 12.2 Å². The third kappa shape index (κ3) is 5.79. The Balaban J connectivity index is 2.15. The van der Waals surface area contributed by atoms with Gasteiger partial charge in [0.1, 0.15) is 12.4 Å². The second-order valence-corrected chi connectivity index (χ2v) is 5.82. The number of nitrogens with one attached hydrogen (secondary N) is 1. The topological polar surface area (TPSA) is 76.7 Å². The van der Waals surface area contributed by atoms with E-state index in [0.717, 1.165) is 16.6 Å². The van der Waals surface area contributed by atoms with E-state index in [9.17, 15) is 18.0 Å². The summed E-state index contributed by atoms with van der Waals surface area (Å²) in [5, 5.41) is 3.65. The molecule has 0 unspecified atom stereocenters. The Morgan fingerprint density at radius 1 is 1.28 bits per heavy atom. The molecule has 0 fully saturated rings. The lowest BCUT2D eigenvalue weighted by molar-refractivity contribution is -0.137. The molecule has 132 valence electrons. The van der Waals surface area contributed by atoms with Gasteiger partial charge < -0.3 is 10.5 Å². The summed E-state index contributed by atoms with van der Waals surface area (Å²) >= 11 is 3.29. The van der Waals surface area contributed by atoms with Crippen LogP contribution in [0.4, 0.5) is 18.0 Å². The number of primary amides is 1. The molecule has 25 heavy (non-hydrogen) atoms. The molecule has 2 aromatic carbocycles. The van der Waals surface area contributed by atoms with E-state index in [1.807, 2.05) is 0 Å². The number of nitrogens with zero attached hydrogens (tertiary/aromatic N) is 1. The number of urea groups is 1. The highest BCUT2D eigenvalue weighted by Crippen LogP contribution is 2.30. The van der Waals surface area contributed by atoms with Crippen molar-refractivity contribution in [2.45, 2.75) is 12.8 Å². The predicted molar refractivity (Wildman–Crippen MR) is 90.2 cm³/mol. The van der Waals surface area contributed by atoms with Crippen LogP contribution in [0.5, 0.6) is 5.75 Å². The van der Waals surface area contributed by atoms with E-state index in [1.165, 1.54) is 18.3 Å². The van der Waals surface area contributed by atoms with Gasteiger partial charge in [-0.25, -0.2) is 10.2 Å². The maximum Gasteiger partial charge on any atom is 0.416 e. The van der Waals surface area contributed by atoms with Crippen LogP contribution in [0.2, 0.25) is 0 Å². The van der Waals surface area contributed by atoms with Crippen LogP contribution in [0.1, 0.15) is 16.7 Å². The number of nitrogens with two attached hydrogens (primary N) is 1. The van der Waals surface area contributed by atoms with Crippen molar-refractivity contribution in [2.75, 3.05) is 0 Å². The lowest BCUT2D eigenvalue weighted by atomic mass is 10.1. The summed E-state index contributed by atoms with van der Waals surface area (Å²) in [6.45, 7) is -0.0599. The molecule has 0 saturated carbocycles. The number of hydrazone groups is 1. The minimum Gasteiger partial charge on any atom is -0.488 e. The van der Waals surface area contributed by atoms with Gasteiger partial charge in [-0.3, -0.25) is 0 Å². The van der Waals surface area contributed by atoms with E-state index in [1.54, 1.807) is 18.2 Å². The second-order valence-electron chi connectivity index (χ2n) is 4.90. The number of alkyl halides is 3. The van der Waals surface area contributed by atoms with E-state index in [4.69, 9.17) is 10.5 Å². The highest BCUT2D eigenvalue weighted by Gasteiger charge is 2.30. The molecular weight excluding hydrogens is 403 g/mol. The highest BCUT2D eigenvalue weighted by atomic mass is 79.9. The number of hydrogen-bond acceptors (Lipinski definition) is 3. The average Bonchev–Trinajstić information content (AvgIpc) is 2.53. The zero-order valence-electron chi connectivity index (χ0n) is 12.7. The molecule has 2 aromatic rings. The van der Waals surface area contributed by atoms with Crippen molar-refractivity contribution in [3.8, 4) is 5.75 Å². The molecule has 9 heteroatoms. The van der Waals surface area contributed by atoms with Gasteiger partial charge in [0.2, 0.25) is 0 Å². The molecule has 0 saturated heterocycles. The summed E-state index contributed by atoms with van der Waals surface area (Å²) in [7, 11) is 0. The molecular formula is C16H13BrF3N3O2. The summed E-state index contributed by atoms with van der Waals surface area (Å²) in [6, 6.07) is 9.08. The Kier molecular flexibility index (Phi) is 6.02. The molecule has 0 bridgehead atoms. The number of halogens is 4.